The number of halogens is 2. The van der Waals surface area contributed by atoms with Crippen molar-refractivity contribution in [2.75, 3.05) is 29.9 Å². The van der Waals surface area contributed by atoms with Crippen LogP contribution >= 0.6 is 0 Å². The third kappa shape index (κ3) is 5.42. The lowest BCUT2D eigenvalue weighted by Crippen LogP contribution is -2.45. The molecule has 0 saturated carbocycles. The van der Waals surface area contributed by atoms with Crippen molar-refractivity contribution in [3.05, 3.63) is 59.7 Å². The van der Waals surface area contributed by atoms with Crippen LogP contribution in [0.5, 0.6) is 0 Å². The maximum absolute atomic E-state index is 14.6. The van der Waals surface area contributed by atoms with Gasteiger partial charge in [0.15, 0.2) is 0 Å². The zero-order valence-corrected chi connectivity index (χ0v) is 16.4. The number of morpholine rings is 1. The Kier molecular flexibility index (Phi) is 6.66. The number of aliphatic hydroxyl groups is 1. The maximum atomic E-state index is 14.6. The van der Waals surface area contributed by atoms with E-state index in [9.17, 15) is 18.7 Å². The normalized spacial score (nSPS) is 20.2. The molecule has 6 nitrogen and oxygen atoms in total. The van der Waals surface area contributed by atoms with Crippen molar-refractivity contribution in [3.63, 3.8) is 0 Å². The van der Waals surface area contributed by atoms with Crippen LogP contribution < -0.4 is 15.5 Å². The fourth-order valence-corrected chi connectivity index (χ4v) is 3.44. The molecule has 3 rings (SSSR count). The predicted molar refractivity (Wildman–Crippen MR) is 107 cm³/mol. The molecule has 156 valence electrons. The van der Waals surface area contributed by atoms with Crippen molar-refractivity contribution in [1.29, 1.82) is 0 Å². The van der Waals surface area contributed by atoms with Crippen molar-refractivity contribution in [3.8, 4) is 0 Å². The number of aliphatic hydroxyl groups excluding tert-OH is 1. The van der Waals surface area contributed by atoms with Crippen LogP contribution in [0.2, 0.25) is 0 Å². The molecule has 29 heavy (non-hydrogen) atoms. The number of benzene rings is 2. The van der Waals surface area contributed by atoms with Gasteiger partial charge in [0, 0.05) is 30.9 Å². The first-order valence-electron chi connectivity index (χ1n) is 9.50. The second-order valence-corrected chi connectivity index (χ2v) is 7.20. The van der Waals surface area contributed by atoms with Crippen molar-refractivity contribution in [2.45, 2.75) is 32.2 Å². The van der Waals surface area contributed by atoms with Gasteiger partial charge in [-0.05, 0) is 38.1 Å². The number of carbonyl (C=O) groups is 1. The molecule has 2 aromatic rings. The van der Waals surface area contributed by atoms with E-state index in [1.165, 1.54) is 24.3 Å². The van der Waals surface area contributed by atoms with Gasteiger partial charge in [-0.2, -0.15) is 0 Å². The van der Waals surface area contributed by atoms with Crippen LogP contribution in [-0.2, 0) is 4.74 Å². The molecular formula is C21H25F2N3O3. The number of carbonyl (C=O) groups excluding carboxylic acids is 1. The quantitative estimate of drug-likeness (QED) is 0.713. The SMILES string of the molecule is C[C@@H]1CN(c2ccc(NC(=O)NC[C@@H](O)c3ccccc3F)cc2F)C[C@@H](C)O1. The molecule has 3 atom stereocenters. The summed E-state index contributed by atoms with van der Waals surface area (Å²) >= 11 is 0. The molecule has 2 aromatic carbocycles. The lowest BCUT2D eigenvalue weighted by molar-refractivity contribution is -0.00539. The van der Waals surface area contributed by atoms with E-state index in [0.29, 0.717) is 18.8 Å². The van der Waals surface area contributed by atoms with Crippen molar-refractivity contribution >= 4 is 17.4 Å². The second-order valence-electron chi connectivity index (χ2n) is 7.20. The number of ether oxygens (including phenoxy) is 1. The van der Waals surface area contributed by atoms with Gasteiger partial charge >= 0.3 is 6.03 Å². The molecule has 1 fully saturated rings. The first-order chi connectivity index (χ1) is 13.8. The van der Waals surface area contributed by atoms with E-state index in [2.05, 4.69) is 10.6 Å². The van der Waals surface area contributed by atoms with E-state index < -0.39 is 23.8 Å². The molecule has 0 unspecified atom stereocenters. The fraction of sp³-hybridized carbons (Fsp3) is 0.381. The highest BCUT2D eigenvalue weighted by molar-refractivity contribution is 5.89. The smallest absolute Gasteiger partial charge is 0.319 e. The third-order valence-corrected chi connectivity index (χ3v) is 4.69. The van der Waals surface area contributed by atoms with E-state index in [1.54, 1.807) is 18.2 Å². The van der Waals surface area contributed by atoms with Crippen LogP contribution in [0.1, 0.15) is 25.5 Å². The summed E-state index contributed by atoms with van der Waals surface area (Å²) in [5.41, 5.74) is 0.823. The Labute approximate surface area is 168 Å². The highest BCUT2D eigenvalue weighted by Gasteiger charge is 2.24. The average Bonchev–Trinajstić information content (AvgIpc) is 2.66. The minimum Gasteiger partial charge on any atom is -0.386 e. The number of amides is 2. The molecule has 2 amide bonds. The largest absolute Gasteiger partial charge is 0.386 e. The van der Waals surface area contributed by atoms with Crippen LogP contribution in [0.3, 0.4) is 0 Å². The lowest BCUT2D eigenvalue weighted by Gasteiger charge is -2.37. The van der Waals surface area contributed by atoms with Crippen molar-refractivity contribution in [2.24, 2.45) is 0 Å². The average molecular weight is 405 g/mol. The predicted octanol–water partition coefficient (Wildman–Crippen LogP) is 3.43. The van der Waals surface area contributed by atoms with Gasteiger partial charge in [-0.3, -0.25) is 0 Å². The van der Waals surface area contributed by atoms with Gasteiger partial charge in [0.25, 0.3) is 0 Å². The Hall–Kier alpha value is -2.71. The van der Waals surface area contributed by atoms with E-state index in [-0.39, 0.29) is 30.0 Å². The summed E-state index contributed by atoms with van der Waals surface area (Å²) in [5, 5.41) is 15.0. The Morgan fingerprint density at radius 3 is 2.52 bits per heavy atom. The summed E-state index contributed by atoms with van der Waals surface area (Å²) < 4.78 is 33.9. The molecule has 1 saturated heterocycles. The summed E-state index contributed by atoms with van der Waals surface area (Å²) in [4.78, 5) is 14.0. The van der Waals surface area contributed by atoms with Crippen molar-refractivity contribution < 1.29 is 23.4 Å². The Balaban J connectivity index is 1.57. The van der Waals surface area contributed by atoms with Crippen LogP contribution in [0.25, 0.3) is 0 Å². The lowest BCUT2D eigenvalue weighted by atomic mass is 10.1. The van der Waals surface area contributed by atoms with Gasteiger partial charge < -0.3 is 25.4 Å². The fourth-order valence-electron chi connectivity index (χ4n) is 3.44. The van der Waals surface area contributed by atoms with E-state index in [0.717, 1.165) is 0 Å². The second kappa shape index (κ2) is 9.19. The highest BCUT2D eigenvalue weighted by atomic mass is 19.1. The maximum Gasteiger partial charge on any atom is 0.319 e. The molecule has 3 N–H and O–H groups in total. The van der Waals surface area contributed by atoms with Gasteiger partial charge in [-0.15, -0.1) is 0 Å². The van der Waals surface area contributed by atoms with Crippen LogP contribution in [0, 0.1) is 11.6 Å². The summed E-state index contributed by atoms with van der Waals surface area (Å²) in [6.07, 6.45) is -1.18. The van der Waals surface area contributed by atoms with Gasteiger partial charge in [-0.1, -0.05) is 18.2 Å². The number of nitrogens with one attached hydrogen (secondary N) is 2. The first-order valence-corrected chi connectivity index (χ1v) is 9.50. The Morgan fingerprint density at radius 1 is 1.17 bits per heavy atom. The third-order valence-electron chi connectivity index (χ3n) is 4.69. The summed E-state index contributed by atoms with van der Waals surface area (Å²) in [6.45, 7) is 4.87. The molecule has 1 heterocycles. The molecule has 0 radical (unpaired) electrons. The molecule has 1 aliphatic heterocycles. The van der Waals surface area contributed by atoms with E-state index in [4.69, 9.17) is 4.74 Å². The van der Waals surface area contributed by atoms with Gasteiger partial charge in [0.1, 0.15) is 11.6 Å². The molecule has 8 heteroatoms. The molecule has 1 aliphatic rings. The Morgan fingerprint density at radius 2 is 1.86 bits per heavy atom. The topological polar surface area (TPSA) is 73.8 Å². The summed E-state index contributed by atoms with van der Waals surface area (Å²) in [7, 11) is 0. The molecule has 0 aromatic heterocycles. The van der Waals surface area contributed by atoms with Gasteiger partial charge in [0.2, 0.25) is 0 Å². The van der Waals surface area contributed by atoms with Crippen LogP contribution in [-0.4, -0.2) is 43.0 Å². The minimum atomic E-state index is -1.19. The zero-order valence-electron chi connectivity index (χ0n) is 16.4. The number of rotatable bonds is 5. The highest BCUT2D eigenvalue weighted by Crippen LogP contribution is 2.26. The standard InChI is InChI=1S/C21H25F2N3O3/c1-13-11-26(12-14(2)29-13)19-8-7-15(9-18(19)23)25-21(28)24-10-20(27)16-5-3-4-6-17(16)22/h3-9,13-14,20,27H,10-12H2,1-2H3,(H2,24,25,28)/t13-,14-,20-/m1/s1. The number of urea groups is 1. The number of anilines is 2. The van der Waals surface area contributed by atoms with E-state index >= 15 is 0 Å². The van der Waals surface area contributed by atoms with Gasteiger partial charge in [0.05, 0.1) is 24.0 Å². The Bertz CT molecular complexity index is 855. The molecule has 0 spiro atoms. The first kappa shape index (κ1) is 21.0. The minimum absolute atomic E-state index is 0.00241. The van der Waals surface area contributed by atoms with Crippen LogP contribution in [0.4, 0.5) is 25.0 Å². The van der Waals surface area contributed by atoms with Gasteiger partial charge in [-0.25, -0.2) is 13.6 Å². The van der Waals surface area contributed by atoms with Crippen LogP contribution in [0.15, 0.2) is 42.5 Å². The van der Waals surface area contributed by atoms with E-state index in [1.807, 2.05) is 18.7 Å². The van der Waals surface area contributed by atoms with Crippen molar-refractivity contribution in [1.82, 2.24) is 5.32 Å². The number of nitrogens with zero attached hydrogens (tertiary/aromatic N) is 1. The monoisotopic (exact) mass is 405 g/mol. The number of hydrogen-bond donors (Lipinski definition) is 3. The summed E-state index contributed by atoms with van der Waals surface area (Å²) in [6, 6.07) is 9.64. The number of hydrogen-bond acceptors (Lipinski definition) is 4. The molecular weight excluding hydrogens is 380 g/mol. The zero-order chi connectivity index (χ0) is 21.0. The summed E-state index contributed by atoms with van der Waals surface area (Å²) in [5.74, 6) is -0.998. The molecule has 0 bridgehead atoms. The molecule has 0 aliphatic carbocycles.